The molecule has 0 fully saturated rings. The number of hydrogen-bond acceptors (Lipinski definition) is 6. The second kappa shape index (κ2) is 12.6. The van der Waals surface area contributed by atoms with E-state index in [-0.39, 0.29) is 42.2 Å². The van der Waals surface area contributed by atoms with E-state index in [1.165, 1.54) is 12.1 Å². The summed E-state index contributed by atoms with van der Waals surface area (Å²) in [6, 6.07) is 23.2. The Morgan fingerprint density at radius 2 is 1.19 bits per heavy atom. The van der Waals surface area contributed by atoms with E-state index in [4.69, 9.17) is 89.1 Å². The first-order chi connectivity index (χ1) is 20.7. The lowest BCUT2D eigenvalue weighted by atomic mass is 10.1. The predicted octanol–water partition coefficient (Wildman–Crippen LogP) is 11.0. The summed E-state index contributed by atoms with van der Waals surface area (Å²) in [6.07, 6.45) is 3.64. The Hall–Kier alpha value is -3.56. The Morgan fingerprint density at radius 3 is 1.77 bits per heavy atom. The van der Waals surface area contributed by atoms with Crippen LogP contribution in [-0.2, 0) is 0 Å². The van der Waals surface area contributed by atoms with Gasteiger partial charge in [0.1, 0.15) is 32.9 Å². The maximum Gasteiger partial charge on any atom is 0.239 e. The third-order valence-corrected chi connectivity index (χ3v) is 7.87. The van der Waals surface area contributed by atoms with E-state index < -0.39 is 0 Å². The molecule has 0 atom stereocenters. The van der Waals surface area contributed by atoms with Gasteiger partial charge >= 0.3 is 0 Å². The number of fused-ring (bicyclic) bond motifs is 1. The topological polar surface area (TPSA) is 73.9 Å². The number of imidazole rings is 1. The summed E-state index contributed by atoms with van der Waals surface area (Å²) in [5, 5.41) is 1.17. The largest absolute Gasteiger partial charge is 0.437 e. The van der Waals surface area contributed by atoms with E-state index in [9.17, 15) is 0 Å². The minimum absolute atomic E-state index is 0.0972. The van der Waals surface area contributed by atoms with Crippen LogP contribution in [0.4, 0.5) is 5.82 Å². The Kier molecular flexibility index (Phi) is 8.63. The van der Waals surface area contributed by atoms with E-state index in [0.717, 1.165) is 16.8 Å². The van der Waals surface area contributed by atoms with Gasteiger partial charge in [-0.2, -0.15) is 9.97 Å². The average molecular weight is 690 g/mol. The molecule has 2 aromatic carbocycles. The summed E-state index contributed by atoms with van der Waals surface area (Å²) in [5.74, 6) is 1.96. The van der Waals surface area contributed by atoms with Crippen LogP contribution in [-0.4, -0.2) is 25.6 Å². The molecule has 0 bridgehead atoms. The van der Waals surface area contributed by atoms with Crippen LogP contribution in [0, 0.1) is 0 Å². The van der Waals surface area contributed by atoms with Crippen LogP contribution >= 0.6 is 69.6 Å². The maximum atomic E-state index is 6.21. The highest BCUT2D eigenvalue weighted by Crippen LogP contribution is 2.36. The van der Waals surface area contributed by atoms with E-state index in [1.54, 1.807) is 30.5 Å². The second-order valence-electron chi connectivity index (χ2n) is 8.86. The second-order valence-corrected chi connectivity index (χ2v) is 11.2. The molecule has 4 aromatic heterocycles. The highest BCUT2D eigenvalue weighted by atomic mass is 35.5. The molecule has 0 spiro atoms. The van der Waals surface area contributed by atoms with Gasteiger partial charge in [0.05, 0.1) is 10.0 Å². The molecular weight excluding hydrogens is 675 g/mol. The zero-order valence-electron chi connectivity index (χ0n) is 21.5. The van der Waals surface area contributed by atoms with E-state index in [1.807, 2.05) is 53.1 Å². The van der Waals surface area contributed by atoms with Gasteiger partial charge < -0.3 is 9.47 Å². The predicted molar refractivity (Wildman–Crippen MR) is 173 cm³/mol. The monoisotopic (exact) mass is 687 g/mol. The van der Waals surface area contributed by atoms with Gasteiger partial charge in [-0.3, -0.25) is 4.40 Å². The molecule has 43 heavy (non-hydrogen) atoms. The van der Waals surface area contributed by atoms with Gasteiger partial charge in [-0.1, -0.05) is 75.7 Å². The third-order valence-electron chi connectivity index (χ3n) is 5.99. The molecule has 214 valence electrons. The third kappa shape index (κ3) is 6.53. The van der Waals surface area contributed by atoms with Crippen LogP contribution in [0.3, 0.4) is 0 Å². The molecule has 7 nitrogen and oxygen atoms in total. The fourth-order valence-corrected chi connectivity index (χ4v) is 5.02. The van der Waals surface area contributed by atoms with Crippen molar-refractivity contribution in [3.63, 3.8) is 0 Å². The quantitative estimate of drug-likeness (QED) is 0.123. The van der Waals surface area contributed by atoms with Gasteiger partial charge in [0.25, 0.3) is 0 Å². The lowest BCUT2D eigenvalue weighted by molar-refractivity contribution is 0.463. The van der Waals surface area contributed by atoms with Crippen LogP contribution in [0.2, 0.25) is 30.4 Å². The van der Waals surface area contributed by atoms with Crippen molar-refractivity contribution in [2.45, 2.75) is 0 Å². The molecule has 4 heterocycles. The summed E-state index contributed by atoms with van der Waals surface area (Å²) in [4.78, 5) is 17.8. The van der Waals surface area contributed by atoms with E-state index in [2.05, 4.69) is 9.97 Å². The summed E-state index contributed by atoms with van der Waals surface area (Å²) in [6.45, 7) is 0. The Morgan fingerprint density at radius 1 is 0.628 bits per heavy atom. The van der Waals surface area contributed by atoms with E-state index >= 15 is 0 Å². The van der Waals surface area contributed by atoms with Crippen LogP contribution in [0.15, 0.2) is 90.1 Å². The number of halogens is 6. The Balaban J connectivity index is 1.25. The Labute approximate surface area is 275 Å². The fourth-order valence-electron chi connectivity index (χ4n) is 3.96. The lowest BCUT2D eigenvalue weighted by Gasteiger charge is -2.08. The van der Waals surface area contributed by atoms with Crippen molar-refractivity contribution in [2.24, 2.45) is 4.99 Å². The van der Waals surface area contributed by atoms with Crippen molar-refractivity contribution in [1.29, 1.82) is 0 Å². The van der Waals surface area contributed by atoms with Crippen LogP contribution < -0.4 is 9.47 Å². The molecule has 0 saturated heterocycles. The van der Waals surface area contributed by atoms with Crippen LogP contribution in [0.1, 0.15) is 5.56 Å². The molecule has 13 heteroatoms. The minimum atomic E-state index is 0.0972. The van der Waals surface area contributed by atoms with Crippen molar-refractivity contribution in [3.05, 3.63) is 121 Å². The van der Waals surface area contributed by atoms with Gasteiger partial charge in [-0.05, 0) is 78.4 Å². The van der Waals surface area contributed by atoms with Gasteiger partial charge in [0.2, 0.25) is 11.8 Å². The first-order valence-corrected chi connectivity index (χ1v) is 14.6. The van der Waals surface area contributed by atoms with Gasteiger partial charge in [-0.25, -0.2) is 9.98 Å². The number of benzene rings is 2. The molecule has 0 amide bonds. The van der Waals surface area contributed by atoms with Crippen molar-refractivity contribution >= 4 is 87.3 Å². The van der Waals surface area contributed by atoms with Gasteiger partial charge in [0, 0.05) is 18.0 Å². The number of nitrogens with zero attached hydrogens (tertiary/aromatic N) is 5. The summed E-state index contributed by atoms with van der Waals surface area (Å²) < 4.78 is 13.5. The van der Waals surface area contributed by atoms with Gasteiger partial charge in [0.15, 0.2) is 16.1 Å². The summed E-state index contributed by atoms with van der Waals surface area (Å²) >= 11 is 36.3. The summed E-state index contributed by atoms with van der Waals surface area (Å²) in [5.41, 5.74) is 3.07. The molecule has 0 saturated carbocycles. The zero-order chi connectivity index (χ0) is 30.1. The summed E-state index contributed by atoms with van der Waals surface area (Å²) in [7, 11) is 0. The highest BCUT2D eigenvalue weighted by molar-refractivity contribution is 6.43. The van der Waals surface area contributed by atoms with Crippen molar-refractivity contribution in [2.75, 3.05) is 0 Å². The molecule has 6 rings (SSSR count). The molecule has 0 N–H and O–H groups in total. The number of pyridine rings is 3. The number of aliphatic imine (C=N–C) groups is 1. The molecule has 0 aliphatic heterocycles. The number of rotatable bonds is 7. The average Bonchev–Trinajstić information content (AvgIpc) is 3.37. The number of hydrogen-bond donors (Lipinski definition) is 0. The van der Waals surface area contributed by atoms with E-state index in [0.29, 0.717) is 23.0 Å². The van der Waals surface area contributed by atoms with Crippen LogP contribution in [0.5, 0.6) is 23.3 Å². The Bertz CT molecular complexity index is 2000. The first kappa shape index (κ1) is 29.5. The fraction of sp³-hybridized carbons (Fsp3) is 0. The zero-order valence-corrected chi connectivity index (χ0v) is 26.0. The van der Waals surface area contributed by atoms with Crippen molar-refractivity contribution in [1.82, 2.24) is 19.4 Å². The highest BCUT2D eigenvalue weighted by Gasteiger charge is 2.15. The SMILES string of the molecule is Clc1cc(Cl)c(Oc2ccc(/C=N/c3c(-c4ccc(Oc5nc(Cl)c(Cl)cc5Cl)cc4)nc4ccccn34)cc2)nc1Cl. The molecule has 0 aliphatic rings. The molecule has 0 radical (unpaired) electrons. The maximum absolute atomic E-state index is 6.21. The molecular formula is C30H15Cl6N5O2. The molecule has 0 aliphatic carbocycles. The van der Waals surface area contributed by atoms with Crippen molar-refractivity contribution < 1.29 is 9.47 Å². The van der Waals surface area contributed by atoms with Crippen LogP contribution in [0.25, 0.3) is 16.9 Å². The smallest absolute Gasteiger partial charge is 0.239 e. The number of ether oxygens (including phenoxy) is 2. The minimum Gasteiger partial charge on any atom is -0.437 e. The standard InChI is InChI=1S/C30H15Cl6N5O2/c31-20-13-22(33)29(39-26(20)35)42-18-8-4-16(5-9-18)15-37-28-25(38-24-3-1-2-12-41(24)28)17-6-10-19(11-7-17)43-30-23(34)14-21(32)27(36)40-30/h1-15H/b37-15+. The molecule has 0 unspecified atom stereocenters. The first-order valence-electron chi connectivity index (χ1n) is 12.4. The molecule has 6 aromatic rings. The normalized spacial score (nSPS) is 11.4. The number of aromatic nitrogens is 4. The van der Waals surface area contributed by atoms with Gasteiger partial charge in [-0.15, -0.1) is 0 Å². The van der Waals surface area contributed by atoms with Crippen molar-refractivity contribution in [3.8, 4) is 34.5 Å². The lowest BCUT2D eigenvalue weighted by Crippen LogP contribution is -1.91.